The third kappa shape index (κ3) is 3.88. The Morgan fingerprint density at radius 2 is 2.00 bits per heavy atom. The van der Waals surface area contributed by atoms with Gasteiger partial charge in [0, 0.05) is 13.6 Å². The van der Waals surface area contributed by atoms with E-state index in [-0.39, 0.29) is 6.03 Å². The van der Waals surface area contributed by atoms with Crippen molar-refractivity contribution in [2.75, 3.05) is 7.05 Å². The molecule has 2 aromatic rings. The standard InChI is InChI=1S/C15H18N2O2/c1-12-5-7-13(8-6-12)10-16-15(18)17(2)11-14-4-3-9-19-14/h3-9H,10-11H2,1-2H3,(H,16,18). The molecule has 1 N–H and O–H groups in total. The maximum Gasteiger partial charge on any atom is 0.317 e. The maximum absolute atomic E-state index is 11.9. The monoisotopic (exact) mass is 258 g/mol. The number of furan rings is 1. The van der Waals surface area contributed by atoms with E-state index in [1.54, 1.807) is 18.2 Å². The fraction of sp³-hybridized carbons (Fsp3) is 0.267. The molecule has 1 aromatic heterocycles. The molecule has 1 heterocycles. The predicted molar refractivity (Wildman–Crippen MR) is 73.6 cm³/mol. The Kier molecular flexibility index (Phi) is 4.23. The van der Waals surface area contributed by atoms with Gasteiger partial charge in [0.05, 0.1) is 12.8 Å². The molecule has 0 radical (unpaired) electrons. The minimum Gasteiger partial charge on any atom is -0.467 e. The van der Waals surface area contributed by atoms with Gasteiger partial charge in [-0.1, -0.05) is 29.8 Å². The average Bonchev–Trinajstić information content (AvgIpc) is 2.90. The number of hydrogen-bond acceptors (Lipinski definition) is 2. The summed E-state index contributed by atoms with van der Waals surface area (Å²) in [5.74, 6) is 0.771. The largest absolute Gasteiger partial charge is 0.467 e. The summed E-state index contributed by atoms with van der Waals surface area (Å²) in [6.07, 6.45) is 1.60. The quantitative estimate of drug-likeness (QED) is 0.916. The smallest absolute Gasteiger partial charge is 0.317 e. The van der Waals surface area contributed by atoms with Crippen LogP contribution in [0.1, 0.15) is 16.9 Å². The van der Waals surface area contributed by atoms with Crippen LogP contribution in [0.2, 0.25) is 0 Å². The van der Waals surface area contributed by atoms with E-state index in [2.05, 4.69) is 5.32 Å². The molecule has 0 saturated carbocycles. The normalized spacial score (nSPS) is 10.2. The molecule has 4 heteroatoms. The summed E-state index contributed by atoms with van der Waals surface area (Å²) in [5.41, 5.74) is 2.30. The van der Waals surface area contributed by atoms with Crippen LogP contribution in [0.25, 0.3) is 0 Å². The molecule has 0 fully saturated rings. The zero-order chi connectivity index (χ0) is 13.7. The number of urea groups is 1. The van der Waals surface area contributed by atoms with E-state index in [4.69, 9.17) is 4.42 Å². The molecule has 0 aliphatic rings. The molecule has 100 valence electrons. The van der Waals surface area contributed by atoms with Gasteiger partial charge < -0.3 is 14.6 Å². The van der Waals surface area contributed by atoms with Crippen LogP contribution in [0.3, 0.4) is 0 Å². The number of hydrogen-bond donors (Lipinski definition) is 1. The number of carbonyl (C=O) groups is 1. The summed E-state index contributed by atoms with van der Waals surface area (Å²) >= 11 is 0. The lowest BCUT2D eigenvalue weighted by Crippen LogP contribution is -2.36. The van der Waals surface area contributed by atoms with Gasteiger partial charge in [-0.05, 0) is 24.6 Å². The lowest BCUT2D eigenvalue weighted by Gasteiger charge is -2.16. The highest BCUT2D eigenvalue weighted by atomic mass is 16.3. The molecule has 0 bridgehead atoms. The van der Waals surface area contributed by atoms with Crippen molar-refractivity contribution in [3.05, 3.63) is 59.5 Å². The summed E-state index contributed by atoms with van der Waals surface area (Å²) in [5, 5.41) is 2.88. The summed E-state index contributed by atoms with van der Waals surface area (Å²) in [7, 11) is 1.74. The lowest BCUT2D eigenvalue weighted by atomic mass is 10.1. The zero-order valence-electron chi connectivity index (χ0n) is 11.2. The first-order chi connectivity index (χ1) is 9.15. The average molecular weight is 258 g/mol. The van der Waals surface area contributed by atoms with Crippen molar-refractivity contribution < 1.29 is 9.21 Å². The Morgan fingerprint density at radius 3 is 2.63 bits per heavy atom. The van der Waals surface area contributed by atoms with Gasteiger partial charge in [0.25, 0.3) is 0 Å². The third-order valence-electron chi connectivity index (χ3n) is 2.88. The van der Waals surface area contributed by atoms with E-state index in [0.29, 0.717) is 13.1 Å². The van der Waals surface area contributed by atoms with Gasteiger partial charge >= 0.3 is 6.03 Å². The van der Waals surface area contributed by atoms with Gasteiger partial charge in [-0.25, -0.2) is 4.79 Å². The first-order valence-electron chi connectivity index (χ1n) is 6.22. The van der Waals surface area contributed by atoms with Crippen LogP contribution in [-0.2, 0) is 13.1 Å². The van der Waals surface area contributed by atoms with E-state index >= 15 is 0 Å². The Morgan fingerprint density at radius 1 is 1.26 bits per heavy atom. The Hall–Kier alpha value is -2.23. The molecule has 0 aliphatic carbocycles. The summed E-state index contributed by atoms with van der Waals surface area (Å²) in [6.45, 7) is 3.04. The second-order valence-electron chi connectivity index (χ2n) is 4.58. The topological polar surface area (TPSA) is 45.5 Å². The van der Waals surface area contributed by atoms with E-state index < -0.39 is 0 Å². The highest BCUT2D eigenvalue weighted by Gasteiger charge is 2.09. The first-order valence-corrected chi connectivity index (χ1v) is 6.22. The van der Waals surface area contributed by atoms with Crippen LogP contribution in [0, 0.1) is 6.92 Å². The number of nitrogens with zero attached hydrogens (tertiary/aromatic N) is 1. The first kappa shape index (κ1) is 13.2. The molecule has 0 aliphatic heterocycles. The number of carbonyl (C=O) groups excluding carboxylic acids is 1. The number of aryl methyl sites for hydroxylation is 1. The summed E-state index contributed by atoms with van der Waals surface area (Å²) in [4.78, 5) is 13.5. The van der Waals surface area contributed by atoms with Crippen molar-refractivity contribution in [3.63, 3.8) is 0 Å². The van der Waals surface area contributed by atoms with Gasteiger partial charge in [-0.3, -0.25) is 0 Å². The van der Waals surface area contributed by atoms with Crippen molar-refractivity contribution in [2.24, 2.45) is 0 Å². The second-order valence-corrected chi connectivity index (χ2v) is 4.58. The molecule has 0 unspecified atom stereocenters. The Balaban J connectivity index is 1.82. The molecular formula is C15H18N2O2. The molecule has 4 nitrogen and oxygen atoms in total. The van der Waals surface area contributed by atoms with Crippen LogP contribution in [0.5, 0.6) is 0 Å². The van der Waals surface area contributed by atoms with Gasteiger partial charge in [0.1, 0.15) is 5.76 Å². The fourth-order valence-electron chi connectivity index (χ4n) is 1.73. The molecule has 1 aromatic carbocycles. The molecular weight excluding hydrogens is 240 g/mol. The van der Waals surface area contributed by atoms with Crippen LogP contribution in [-0.4, -0.2) is 18.0 Å². The molecule has 19 heavy (non-hydrogen) atoms. The van der Waals surface area contributed by atoms with E-state index in [0.717, 1.165) is 11.3 Å². The predicted octanol–water partition coefficient (Wildman–Crippen LogP) is 2.93. The van der Waals surface area contributed by atoms with Gasteiger partial charge in [-0.15, -0.1) is 0 Å². The van der Waals surface area contributed by atoms with E-state index in [1.165, 1.54) is 5.56 Å². The molecule has 0 saturated heterocycles. The second kappa shape index (κ2) is 6.09. The van der Waals surface area contributed by atoms with Gasteiger partial charge in [0.15, 0.2) is 0 Å². The van der Waals surface area contributed by atoms with Crippen molar-refractivity contribution >= 4 is 6.03 Å². The van der Waals surface area contributed by atoms with E-state index in [9.17, 15) is 4.79 Å². The molecule has 2 rings (SSSR count). The summed E-state index contributed by atoms with van der Waals surface area (Å²) in [6, 6.07) is 11.7. The highest BCUT2D eigenvalue weighted by Crippen LogP contribution is 2.05. The van der Waals surface area contributed by atoms with Crippen LogP contribution < -0.4 is 5.32 Å². The van der Waals surface area contributed by atoms with Crippen molar-refractivity contribution in [1.82, 2.24) is 10.2 Å². The highest BCUT2D eigenvalue weighted by molar-refractivity contribution is 5.73. The zero-order valence-corrected chi connectivity index (χ0v) is 11.2. The number of benzene rings is 1. The van der Waals surface area contributed by atoms with Crippen molar-refractivity contribution in [3.8, 4) is 0 Å². The molecule has 0 spiro atoms. The molecule has 0 atom stereocenters. The SMILES string of the molecule is Cc1ccc(CNC(=O)N(C)Cc2ccco2)cc1. The number of rotatable bonds is 4. The minimum absolute atomic E-state index is 0.114. The van der Waals surface area contributed by atoms with Gasteiger partial charge in [-0.2, -0.15) is 0 Å². The lowest BCUT2D eigenvalue weighted by molar-refractivity contribution is 0.202. The Bertz CT molecular complexity index is 518. The fourth-order valence-corrected chi connectivity index (χ4v) is 1.73. The maximum atomic E-state index is 11.9. The van der Waals surface area contributed by atoms with Crippen LogP contribution in [0.15, 0.2) is 47.1 Å². The van der Waals surface area contributed by atoms with Crippen LogP contribution >= 0.6 is 0 Å². The summed E-state index contributed by atoms with van der Waals surface area (Å²) < 4.78 is 5.21. The van der Waals surface area contributed by atoms with Crippen molar-refractivity contribution in [1.29, 1.82) is 0 Å². The Labute approximate surface area is 113 Å². The van der Waals surface area contributed by atoms with Gasteiger partial charge in [0.2, 0.25) is 0 Å². The number of nitrogens with one attached hydrogen (secondary N) is 1. The third-order valence-corrected chi connectivity index (χ3v) is 2.88. The van der Waals surface area contributed by atoms with Crippen LogP contribution in [0.4, 0.5) is 4.79 Å². The van der Waals surface area contributed by atoms with E-state index in [1.807, 2.05) is 43.3 Å². The van der Waals surface area contributed by atoms with Crippen molar-refractivity contribution in [2.45, 2.75) is 20.0 Å². The number of amides is 2. The molecule has 2 amide bonds. The minimum atomic E-state index is -0.114.